The lowest BCUT2D eigenvalue weighted by molar-refractivity contribution is 0.497. The Hall–Kier alpha value is -1.80. The molecule has 0 saturated heterocycles. The Labute approximate surface area is 135 Å². The lowest BCUT2D eigenvalue weighted by atomic mass is 10.0. The standard InChI is InChI=1S/C17H20N4S/c18-11-14-6-3-7-15(10-14)12-22-17-19-16(20-21-17)9-8-13-4-1-2-5-13/h3,6-7,10,13H,1-2,4-5,8-9,12H2,(H,19,20,21). The number of thioether (sulfide) groups is 1. The zero-order valence-corrected chi connectivity index (χ0v) is 13.4. The minimum atomic E-state index is 0.699. The monoisotopic (exact) mass is 312 g/mol. The summed E-state index contributed by atoms with van der Waals surface area (Å²) in [5.74, 6) is 2.67. The first-order valence-electron chi connectivity index (χ1n) is 7.86. The molecule has 114 valence electrons. The predicted octanol–water partition coefficient (Wildman–Crippen LogP) is 4.09. The normalized spacial score (nSPS) is 15.0. The van der Waals surface area contributed by atoms with Gasteiger partial charge >= 0.3 is 0 Å². The number of benzene rings is 1. The number of hydrogen-bond acceptors (Lipinski definition) is 4. The lowest BCUT2D eigenvalue weighted by Crippen LogP contribution is -1.97. The van der Waals surface area contributed by atoms with Gasteiger partial charge in [-0.05, 0) is 30.0 Å². The van der Waals surface area contributed by atoms with Crippen molar-refractivity contribution in [1.82, 2.24) is 15.2 Å². The Morgan fingerprint density at radius 2 is 2.18 bits per heavy atom. The first-order chi connectivity index (χ1) is 10.8. The van der Waals surface area contributed by atoms with E-state index in [9.17, 15) is 0 Å². The number of nitrogens with one attached hydrogen (secondary N) is 1. The Morgan fingerprint density at radius 3 is 3.00 bits per heavy atom. The molecule has 0 bridgehead atoms. The minimum absolute atomic E-state index is 0.699. The van der Waals surface area contributed by atoms with Crippen molar-refractivity contribution in [2.45, 2.75) is 49.4 Å². The molecule has 1 saturated carbocycles. The Balaban J connectivity index is 1.49. The van der Waals surface area contributed by atoms with Crippen molar-refractivity contribution in [3.8, 4) is 6.07 Å². The Morgan fingerprint density at radius 1 is 1.32 bits per heavy atom. The highest BCUT2D eigenvalue weighted by atomic mass is 32.2. The van der Waals surface area contributed by atoms with Crippen LogP contribution >= 0.6 is 11.8 Å². The zero-order chi connectivity index (χ0) is 15.2. The molecule has 1 aliphatic carbocycles. The van der Waals surface area contributed by atoms with E-state index >= 15 is 0 Å². The van der Waals surface area contributed by atoms with E-state index in [-0.39, 0.29) is 0 Å². The van der Waals surface area contributed by atoms with E-state index in [0.29, 0.717) is 5.56 Å². The van der Waals surface area contributed by atoms with Crippen LogP contribution < -0.4 is 0 Å². The number of nitriles is 1. The van der Waals surface area contributed by atoms with Crippen LogP contribution in [0.4, 0.5) is 0 Å². The van der Waals surface area contributed by atoms with E-state index in [1.54, 1.807) is 11.8 Å². The van der Waals surface area contributed by atoms with Gasteiger partial charge in [0, 0.05) is 12.2 Å². The van der Waals surface area contributed by atoms with Crippen molar-refractivity contribution in [1.29, 1.82) is 5.26 Å². The quantitative estimate of drug-likeness (QED) is 0.816. The summed E-state index contributed by atoms with van der Waals surface area (Å²) in [5, 5.41) is 17.0. The van der Waals surface area contributed by atoms with Crippen LogP contribution in [0, 0.1) is 17.2 Å². The average Bonchev–Trinajstić information content (AvgIpc) is 3.22. The molecule has 1 aromatic carbocycles. The van der Waals surface area contributed by atoms with E-state index in [4.69, 9.17) is 5.26 Å². The molecule has 1 aliphatic rings. The van der Waals surface area contributed by atoms with Crippen LogP contribution in [0.2, 0.25) is 0 Å². The largest absolute Gasteiger partial charge is 0.262 e. The first-order valence-corrected chi connectivity index (χ1v) is 8.85. The predicted molar refractivity (Wildman–Crippen MR) is 87.4 cm³/mol. The fraction of sp³-hybridized carbons (Fsp3) is 0.471. The second-order valence-corrected chi connectivity index (χ2v) is 6.80. The third kappa shape index (κ3) is 4.11. The van der Waals surface area contributed by atoms with Gasteiger partial charge in [-0.1, -0.05) is 49.6 Å². The molecular weight excluding hydrogens is 292 g/mol. The maximum atomic E-state index is 8.91. The lowest BCUT2D eigenvalue weighted by Gasteiger charge is -2.05. The fourth-order valence-corrected chi connectivity index (χ4v) is 3.73. The highest BCUT2D eigenvalue weighted by Crippen LogP contribution is 2.28. The van der Waals surface area contributed by atoms with Crippen molar-refractivity contribution in [2.75, 3.05) is 0 Å². The topological polar surface area (TPSA) is 65.4 Å². The third-order valence-electron chi connectivity index (χ3n) is 4.20. The third-order valence-corrected chi connectivity index (χ3v) is 5.12. The number of hydrogen-bond donors (Lipinski definition) is 1. The molecular formula is C17H20N4S. The van der Waals surface area contributed by atoms with Crippen molar-refractivity contribution in [3.05, 3.63) is 41.2 Å². The first kappa shape index (κ1) is 15.1. The molecule has 5 heteroatoms. The van der Waals surface area contributed by atoms with Gasteiger partial charge in [0.2, 0.25) is 5.16 Å². The second-order valence-electron chi connectivity index (χ2n) is 5.85. The summed E-state index contributed by atoms with van der Waals surface area (Å²) in [5.41, 5.74) is 1.83. The molecule has 0 spiro atoms. The van der Waals surface area contributed by atoms with Gasteiger partial charge in [0.25, 0.3) is 0 Å². The number of aromatic nitrogens is 3. The summed E-state index contributed by atoms with van der Waals surface area (Å²) in [6, 6.07) is 9.85. The summed E-state index contributed by atoms with van der Waals surface area (Å²) >= 11 is 1.61. The molecule has 0 radical (unpaired) electrons. The Kier molecular flexibility index (Phi) is 5.12. The smallest absolute Gasteiger partial charge is 0.208 e. The van der Waals surface area contributed by atoms with Crippen LogP contribution in [-0.4, -0.2) is 15.2 Å². The molecule has 3 rings (SSSR count). The summed E-state index contributed by atoms with van der Waals surface area (Å²) in [7, 11) is 0. The van der Waals surface area contributed by atoms with Crippen LogP contribution in [0.3, 0.4) is 0 Å². The number of H-pyrrole nitrogens is 1. The minimum Gasteiger partial charge on any atom is -0.262 e. The van der Waals surface area contributed by atoms with Gasteiger partial charge in [-0.15, -0.1) is 5.10 Å². The summed E-state index contributed by atoms with van der Waals surface area (Å²) in [6.45, 7) is 0. The van der Waals surface area contributed by atoms with Crippen LogP contribution in [0.25, 0.3) is 0 Å². The van der Waals surface area contributed by atoms with E-state index < -0.39 is 0 Å². The zero-order valence-electron chi connectivity index (χ0n) is 12.6. The van der Waals surface area contributed by atoms with Gasteiger partial charge in [-0.2, -0.15) is 5.26 Å². The molecule has 1 fully saturated rings. The van der Waals surface area contributed by atoms with Crippen molar-refractivity contribution < 1.29 is 0 Å². The average molecular weight is 312 g/mol. The molecule has 0 unspecified atom stereocenters. The number of nitrogens with zero attached hydrogens (tertiary/aromatic N) is 3. The van der Waals surface area contributed by atoms with Gasteiger partial charge in [0.05, 0.1) is 11.6 Å². The van der Waals surface area contributed by atoms with E-state index in [0.717, 1.165) is 34.6 Å². The maximum Gasteiger partial charge on any atom is 0.208 e. The van der Waals surface area contributed by atoms with Crippen LogP contribution in [0.5, 0.6) is 0 Å². The molecule has 4 nitrogen and oxygen atoms in total. The summed E-state index contributed by atoms with van der Waals surface area (Å²) in [4.78, 5) is 4.56. The van der Waals surface area contributed by atoms with Crippen molar-refractivity contribution in [2.24, 2.45) is 5.92 Å². The van der Waals surface area contributed by atoms with Gasteiger partial charge in [-0.25, -0.2) is 4.98 Å². The number of aryl methyl sites for hydroxylation is 1. The Bertz CT molecular complexity index is 653. The second kappa shape index (κ2) is 7.46. The van der Waals surface area contributed by atoms with E-state index in [1.165, 1.54) is 32.1 Å². The maximum absolute atomic E-state index is 8.91. The van der Waals surface area contributed by atoms with Gasteiger partial charge in [0.1, 0.15) is 5.82 Å². The highest BCUT2D eigenvalue weighted by molar-refractivity contribution is 7.98. The van der Waals surface area contributed by atoms with E-state index in [1.807, 2.05) is 24.3 Å². The summed E-state index contributed by atoms with van der Waals surface area (Å²) < 4.78 is 0. The van der Waals surface area contributed by atoms with E-state index in [2.05, 4.69) is 21.3 Å². The van der Waals surface area contributed by atoms with Gasteiger partial charge in [0.15, 0.2) is 0 Å². The number of aromatic amines is 1. The molecule has 0 amide bonds. The fourth-order valence-electron chi connectivity index (χ4n) is 2.97. The molecule has 1 heterocycles. The molecule has 0 aliphatic heterocycles. The van der Waals surface area contributed by atoms with Crippen LogP contribution in [0.1, 0.15) is 49.1 Å². The van der Waals surface area contributed by atoms with Gasteiger partial charge in [-0.3, -0.25) is 5.10 Å². The van der Waals surface area contributed by atoms with Gasteiger partial charge < -0.3 is 0 Å². The molecule has 0 atom stereocenters. The molecule has 1 aromatic heterocycles. The highest BCUT2D eigenvalue weighted by Gasteiger charge is 2.15. The molecule has 22 heavy (non-hydrogen) atoms. The molecule has 1 N–H and O–H groups in total. The van der Waals surface area contributed by atoms with Crippen molar-refractivity contribution >= 4 is 11.8 Å². The molecule has 2 aromatic rings. The van der Waals surface area contributed by atoms with Crippen LogP contribution in [0.15, 0.2) is 29.4 Å². The summed E-state index contributed by atoms with van der Waals surface area (Å²) in [6.07, 6.45) is 7.77. The van der Waals surface area contributed by atoms with Crippen LogP contribution in [-0.2, 0) is 12.2 Å². The van der Waals surface area contributed by atoms with Crippen molar-refractivity contribution in [3.63, 3.8) is 0 Å². The number of rotatable bonds is 6. The SMILES string of the molecule is N#Cc1cccc(CSc2n[nH]c(CCC3CCCC3)n2)c1.